The molecule has 2 aliphatic heterocycles. The molecule has 1 amide bonds. The van der Waals surface area contributed by atoms with E-state index in [1.165, 1.54) is 11.0 Å². The Bertz CT molecular complexity index is 806. The van der Waals surface area contributed by atoms with E-state index in [0.717, 1.165) is 12.0 Å². The number of hydrogen-bond acceptors (Lipinski definition) is 5. The van der Waals surface area contributed by atoms with Gasteiger partial charge in [-0.25, -0.2) is 8.42 Å². The van der Waals surface area contributed by atoms with Crippen LogP contribution in [-0.2, 0) is 14.6 Å². The minimum absolute atomic E-state index is 0.0267. The lowest BCUT2D eigenvalue weighted by Gasteiger charge is -2.21. The van der Waals surface area contributed by atoms with Gasteiger partial charge < -0.3 is 14.4 Å². The summed E-state index contributed by atoms with van der Waals surface area (Å²) in [5, 5.41) is 0.432. The van der Waals surface area contributed by atoms with E-state index in [9.17, 15) is 13.2 Å². The Hall–Kier alpha value is -1.73. The molecule has 8 heteroatoms. The highest BCUT2D eigenvalue weighted by Crippen LogP contribution is 2.38. The highest BCUT2D eigenvalue weighted by atomic mass is 35.5. The Labute approximate surface area is 152 Å². The van der Waals surface area contributed by atoms with E-state index in [4.69, 9.17) is 21.1 Å². The molecular weight excluding hydrogens is 366 g/mol. The minimum Gasteiger partial charge on any atom is -0.489 e. The molecule has 1 aromatic carbocycles. The van der Waals surface area contributed by atoms with Gasteiger partial charge in [-0.1, -0.05) is 11.6 Å². The molecule has 0 aliphatic carbocycles. The topological polar surface area (TPSA) is 72.9 Å². The van der Waals surface area contributed by atoms with Crippen molar-refractivity contribution < 1.29 is 22.7 Å². The van der Waals surface area contributed by atoms with Crippen molar-refractivity contribution in [2.75, 3.05) is 31.8 Å². The van der Waals surface area contributed by atoms with Gasteiger partial charge in [0.1, 0.15) is 0 Å². The highest BCUT2D eigenvalue weighted by molar-refractivity contribution is 7.91. The number of amides is 1. The Kier molecular flexibility index (Phi) is 5.24. The Balaban J connectivity index is 1.72. The zero-order valence-electron chi connectivity index (χ0n) is 13.9. The molecule has 2 heterocycles. The van der Waals surface area contributed by atoms with Crippen molar-refractivity contribution in [3.63, 3.8) is 0 Å². The van der Waals surface area contributed by atoms with Gasteiger partial charge in [-0.2, -0.15) is 0 Å². The summed E-state index contributed by atoms with van der Waals surface area (Å²) in [7, 11) is -1.40. The SMILES string of the molecule is CN(C(=O)C=Cc1cc(Cl)c2c(c1)OCCCO2)C1CCS(=O)(=O)C1. The molecule has 1 fully saturated rings. The summed E-state index contributed by atoms with van der Waals surface area (Å²) >= 11 is 6.23. The van der Waals surface area contributed by atoms with Crippen molar-refractivity contribution in [2.45, 2.75) is 18.9 Å². The molecule has 136 valence electrons. The van der Waals surface area contributed by atoms with Gasteiger partial charge in [0.2, 0.25) is 5.91 Å². The van der Waals surface area contributed by atoms with Crippen LogP contribution in [0.5, 0.6) is 11.5 Å². The van der Waals surface area contributed by atoms with Crippen LogP contribution in [0.2, 0.25) is 5.02 Å². The van der Waals surface area contributed by atoms with Crippen molar-refractivity contribution in [3.8, 4) is 11.5 Å². The number of rotatable bonds is 3. The Morgan fingerprint density at radius 3 is 2.80 bits per heavy atom. The first-order valence-corrected chi connectivity index (χ1v) is 10.3. The molecule has 2 aliphatic rings. The maximum Gasteiger partial charge on any atom is 0.246 e. The molecule has 1 atom stereocenters. The van der Waals surface area contributed by atoms with E-state index >= 15 is 0 Å². The molecule has 1 saturated heterocycles. The van der Waals surface area contributed by atoms with Gasteiger partial charge in [-0.3, -0.25) is 4.79 Å². The Morgan fingerprint density at radius 1 is 1.32 bits per heavy atom. The quantitative estimate of drug-likeness (QED) is 0.745. The summed E-state index contributed by atoms with van der Waals surface area (Å²) in [4.78, 5) is 13.8. The summed E-state index contributed by atoms with van der Waals surface area (Å²) in [5.41, 5.74) is 0.718. The number of ether oxygens (including phenoxy) is 2. The molecule has 25 heavy (non-hydrogen) atoms. The number of hydrogen-bond donors (Lipinski definition) is 0. The van der Waals surface area contributed by atoms with Crippen LogP contribution in [0.15, 0.2) is 18.2 Å². The summed E-state index contributed by atoms with van der Waals surface area (Å²) in [5.74, 6) is 1.00. The van der Waals surface area contributed by atoms with E-state index in [1.807, 2.05) is 0 Å². The third-order valence-corrected chi connectivity index (χ3v) is 6.38. The van der Waals surface area contributed by atoms with E-state index < -0.39 is 9.84 Å². The lowest BCUT2D eigenvalue weighted by atomic mass is 10.1. The number of carbonyl (C=O) groups excluding carboxylic acids is 1. The molecule has 0 N–H and O–H groups in total. The van der Waals surface area contributed by atoms with Gasteiger partial charge in [-0.15, -0.1) is 0 Å². The highest BCUT2D eigenvalue weighted by Gasteiger charge is 2.32. The summed E-state index contributed by atoms with van der Waals surface area (Å²) in [6, 6.07) is 3.21. The smallest absolute Gasteiger partial charge is 0.246 e. The van der Waals surface area contributed by atoms with Crippen molar-refractivity contribution in [1.29, 1.82) is 0 Å². The largest absolute Gasteiger partial charge is 0.489 e. The second kappa shape index (κ2) is 7.25. The standard InChI is InChI=1S/C17H20ClNO5S/c1-19(13-5-8-25(21,22)11-13)16(20)4-3-12-9-14(18)17-15(10-12)23-6-2-7-24-17/h3-4,9-10,13H,2,5-8,11H2,1H3. The normalized spacial score (nSPS) is 21.9. The molecule has 0 aromatic heterocycles. The number of nitrogens with zero attached hydrogens (tertiary/aromatic N) is 1. The fraction of sp³-hybridized carbons (Fsp3) is 0.471. The fourth-order valence-electron chi connectivity index (χ4n) is 2.89. The first-order chi connectivity index (χ1) is 11.9. The van der Waals surface area contributed by atoms with Crippen LogP contribution in [0.4, 0.5) is 0 Å². The average Bonchev–Trinajstić information content (AvgIpc) is 2.78. The first kappa shape index (κ1) is 18.1. The van der Waals surface area contributed by atoms with Crippen LogP contribution in [0, 0.1) is 0 Å². The fourth-order valence-corrected chi connectivity index (χ4v) is 4.94. The van der Waals surface area contributed by atoms with Crippen LogP contribution in [0.1, 0.15) is 18.4 Å². The number of benzene rings is 1. The van der Waals surface area contributed by atoms with Gasteiger partial charge >= 0.3 is 0 Å². The first-order valence-electron chi connectivity index (χ1n) is 8.10. The van der Waals surface area contributed by atoms with Crippen molar-refractivity contribution in [3.05, 3.63) is 28.8 Å². The second-order valence-corrected chi connectivity index (χ2v) is 8.86. The number of halogens is 1. The predicted molar refractivity (Wildman–Crippen MR) is 95.9 cm³/mol. The van der Waals surface area contributed by atoms with Crippen molar-refractivity contribution in [1.82, 2.24) is 4.90 Å². The molecule has 0 radical (unpaired) electrons. The predicted octanol–water partition coefficient (Wildman–Crippen LogP) is 2.16. The Morgan fingerprint density at radius 2 is 2.08 bits per heavy atom. The molecule has 1 aromatic rings. The molecule has 0 saturated carbocycles. The molecule has 1 unspecified atom stereocenters. The molecule has 0 bridgehead atoms. The molecule has 3 rings (SSSR count). The van der Waals surface area contributed by atoms with Crippen LogP contribution in [-0.4, -0.2) is 57.0 Å². The van der Waals surface area contributed by atoms with Gasteiger partial charge in [0.05, 0.1) is 29.7 Å². The number of likely N-dealkylation sites (N-methyl/N-ethyl adjacent to an activating group) is 1. The van der Waals surface area contributed by atoms with Gasteiger partial charge in [0.25, 0.3) is 0 Å². The lowest BCUT2D eigenvalue weighted by molar-refractivity contribution is -0.126. The third-order valence-electron chi connectivity index (χ3n) is 4.35. The van der Waals surface area contributed by atoms with E-state index in [-0.39, 0.29) is 23.5 Å². The van der Waals surface area contributed by atoms with E-state index in [0.29, 0.717) is 36.2 Å². The maximum absolute atomic E-state index is 12.3. The maximum atomic E-state index is 12.3. The monoisotopic (exact) mass is 385 g/mol. The zero-order valence-corrected chi connectivity index (χ0v) is 15.5. The summed E-state index contributed by atoms with van der Waals surface area (Å²) in [6.45, 7) is 1.10. The van der Waals surface area contributed by atoms with E-state index in [1.54, 1.807) is 25.3 Å². The van der Waals surface area contributed by atoms with Crippen LogP contribution in [0.25, 0.3) is 6.08 Å². The third kappa shape index (κ3) is 4.27. The van der Waals surface area contributed by atoms with Gasteiger partial charge in [0.15, 0.2) is 21.3 Å². The van der Waals surface area contributed by atoms with E-state index in [2.05, 4.69) is 0 Å². The zero-order chi connectivity index (χ0) is 18.0. The van der Waals surface area contributed by atoms with Crippen LogP contribution < -0.4 is 9.47 Å². The number of sulfone groups is 1. The minimum atomic E-state index is -3.03. The van der Waals surface area contributed by atoms with Crippen molar-refractivity contribution >= 4 is 33.4 Å². The summed E-state index contributed by atoms with van der Waals surface area (Å²) < 4.78 is 34.3. The molecular formula is C17H20ClNO5S. The van der Waals surface area contributed by atoms with Crippen molar-refractivity contribution in [2.24, 2.45) is 0 Å². The molecule has 6 nitrogen and oxygen atoms in total. The average molecular weight is 386 g/mol. The second-order valence-electron chi connectivity index (χ2n) is 6.22. The lowest BCUT2D eigenvalue weighted by Crippen LogP contribution is -2.36. The van der Waals surface area contributed by atoms with Gasteiger partial charge in [-0.05, 0) is 30.2 Å². The molecule has 0 spiro atoms. The number of carbonyl (C=O) groups is 1. The van der Waals surface area contributed by atoms with Crippen LogP contribution in [0.3, 0.4) is 0 Å². The number of fused-ring (bicyclic) bond motifs is 1. The van der Waals surface area contributed by atoms with Crippen LogP contribution >= 0.6 is 11.6 Å². The summed E-state index contributed by atoms with van der Waals surface area (Å²) in [6.07, 6.45) is 4.32. The van der Waals surface area contributed by atoms with Gasteiger partial charge in [0, 0.05) is 25.6 Å².